The number of hydrogen-bond acceptors (Lipinski definition) is 4. The van der Waals surface area contributed by atoms with Gasteiger partial charge in [0.2, 0.25) is 0 Å². The van der Waals surface area contributed by atoms with E-state index in [2.05, 4.69) is 5.10 Å². The van der Waals surface area contributed by atoms with Gasteiger partial charge in [-0.1, -0.05) is 16.7 Å². The van der Waals surface area contributed by atoms with Crippen molar-refractivity contribution in [1.82, 2.24) is 9.78 Å². The highest BCUT2D eigenvalue weighted by Gasteiger charge is 2.16. The van der Waals surface area contributed by atoms with Gasteiger partial charge < -0.3 is 14.9 Å². The molecule has 0 aliphatic rings. The molecule has 78 valence electrons. The monoisotopic (exact) mass is 219 g/mol. The fourth-order valence-corrected chi connectivity index (χ4v) is 1.24. The Balaban J connectivity index is 2.69. The zero-order valence-corrected chi connectivity index (χ0v) is 8.40. The second-order valence-electron chi connectivity index (χ2n) is 2.65. The zero-order chi connectivity index (χ0) is 10.6. The van der Waals surface area contributed by atoms with E-state index in [9.17, 15) is 10.1 Å². The highest BCUT2D eigenvalue weighted by molar-refractivity contribution is 6.29. The SMILES string of the molecule is COCCCn1nc(Cl)cc1[N+](=O)[O-]. The van der Waals surface area contributed by atoms with Crippen molar-refractivity contribution in [3.8, 4) is 0 Å². The van der Waals surface area contributed by atoms with Crippen LogP contribution in [0.4, 0.5) is 5.82 Å². The lowest BCUT2D eigenvalue weighted by Gasteiger charge is -1.98. The first kappa shape index (κ1) is 10.9. The van der Waals surface area contributed by atoms with Crippen molar-refractivity contribution in [2.75, 3.05) is 13.7 Å². The Labute approximate surface area is 85.6 Å². The summed E-state index contributed by atoms with van der Waals surface area (Å²) in [5.41, 5.74) is 0. The minimum Gasteiger partial charge on any atom is -0.385 e. The van der Waals surface area contributed by atoms with Crippen LogP contribution in [-0.4, -0.2) is 28.4 Å². The Kier molecular flexibility index (Phi) is 3.84. The minimum absolute atomic E-state index is 0.0916. The van der Waals surface area contributed by atoms with Crippen molar-refractivity contribution < 1.29 is 9.66 Å². The number of nitro groups is 1. The molecule has 0 aliphatic heterocycles. The molecule has 0 saturated heterocycles. The Morgan fingerprint density at radius 2 is 2.50 bits per heavy atom. The lowest BCUT2D eigenvalue weighted by atomic mass is 10.4. The minimum atomic E-state index is -0.508. The molecule has 1 heterocycles. The summed E-state index contributed by atoms with van der Waals surface area (Å²) in [5, 5.41) is 14.4. The van der Waals surface area contributed by atoms with Gasteiger partial charge in [0.05, 0.1) is 12.7 Å². The van der Waals surface area contributed by atoms with E-state index >= 15 is 0 Å². The molecular weight excluding hydrogens is 210 g/mol. The summed E-state index contributed by atoms with van der Waals surface area (Å²) < 4.78 is 6.09. The summed E-state index contributed by atoms with van der Waals surface area (Å²) in [6.45, 7) is 0.964. The summed E-state index contributed by atoms with van der Waals surface area (Å²) in [4.78, 5) is 10.0. The summed E-state index contributed by atoms with van der Waals surface area (Å²) >= 11 is 5.55. The van der Waals surface area contributed by atoms with Gasteiger partial charge in [0.15, 0.2) is 5.15 Å². The molecule has 0 N–H and O–H groups in total. The van der Waals surface area contributed by atoms with Gasteiger partial charge in [-0.05, 0) is 4.92 Å². The molecule has 0 atom stereocenters. The normalized spacial score (nSPS) is 10.4. The van der Waals surface area contributed by atoms with Crippen LogP contribution in [0.5, 0.6) is 0 Å². The molecule has 1 aromatic heterocycles. The van der Waals surface area contributed by atoms with Crippen molar-refractivity contribution in [3.63, 3.8) is 0 Å². The summed E-state index contributed by atoms with van der Waals surface area (Å²) in [6.07, 6.45) is 0.662. The number of ether oxygens (including phenoxy) is 1. The van der Waals surface area contributed by atoms with E-state index in [0.717, 1.165) is 0 Å². The van der Waals surface area contributed by atoms with E-state index in [0.29, 0.717) is 19.6 Å². The highest BCUT2D eigenvalue weighted by Crippen LogP contribution is 2.17. The number of hydrogen-bond donors (Lipinski definition) is 0. The molecule has 0 spiro atoms. The van der Waals surface area contributed by atoms with Gasteiger partial charge in [0.1, 0.15) is 6.54 Å². The lowest BCUT2D eigenvalue weighted by molar-refractivity contribution is -0.392. The van der Waals surface area contributed by atoms with E-state index < -0.39 is 4.92 Å². The van der Waals surface area contributed by atoms with Crippen LogP contribution in [-0.2, 0) is 11.3 Å². The fourth-order valence-electron chi connectivity index (χ4n) is 1.05. The zero-order valence-electron chi connectivity index (χ0n) is 7.64. The van der Waals surface area contributed by atoms with Crippen LogP contribution in [0.25, 0.3) is 0 Å². The van der Waals surface area contributed by atoms with Gasteiger partial charge in [-0.3, -0.25) is 0 Å². The fraction of sp³-hybridized carbons (Fsp3) is 0.571. The number of rotatable bonds is 5. The van der Waals surface area contributed by atoms with Crippen LogP contribution in [0.3, 0.4) is 0 Å². The Bertz CT molecular complexity index is 326. The standard InChI is InChI=1S/C7H10ClN3O3/c1-14-4-2-3-10-7(11(12)13)5-6(8)9-10/h5H,2-4H2,1H3. The largest absolute Gasteiger partial charge is 0.385 e. The van der Waals surface area contributed by atoms with Crippen molar-refractivity contribution in [2.24, 2.45) is 0 Å². The van der Waals surface area contributed by atoms with Crippen LogP contribution in [0.2, 0.25) is 5.15 Å². The topological polar surface area (TPSA) is 70.2 Å². The van der Waals surface area contributed by atoms with Crippen LogP contribution in [0, 0.1) is 10.1 Å². The van der Waals surface area contributed by atoms with Crippen molar-refractivity contribution in [3.05, 3.63) is 21.3 Å². The molecule has 0 fully saturated rings. The smallest absolute Gasteiger partial charge is 0.346 e. The number of methoxy groups -OCH3 is 1. The molecule has 0 aromatic carbocycles. The van der Waals surface area contributed by atoms with Crippen molar-refractivity contribution in [1.29, 1.82) is 0 Å². The predicted octanol–water partition coefficient (Wildman–Crippen LogP) is 1.48. The Hall–Kier alpha value is -1.14. The number of nitrogens with zero attached hydrogens (tertiary/aromatic N) is 3. The number of aryl methyl sites for hydroxylation is 1. The molecule has 7 heteroatoms. The molecule has 1 rings (SSSR count). The van der Waals surface area contributed by atoms with E-state index in [4.69, 9.17) is 16.3 Å². The van der Waals surface area contributed by atoms with Gasteiger partial charge in [0.25, 0.3) is 0 Å². The molecule has 1 aromatic rings. The summed E-state index contributed by atoms with van der Waals surface area (Å²) in [6, 6.07) is 1.23. The average molecular weight is 220 g/mol. The van der Waals surface area contributed by atoms with Crippen molar-refractivity contribution in [2.45, 2.75) is 13.0 Å². The quantitative estimate of drug-likeness (QED) is 0.427. The van der Waals surface area contributed by atoms with Gasteiger partial charge >= 0.3 is 5.82 Å². The average Bonchev–Trinajstić information content (AvgIpc) is 2.47. The van der Waals surface area contributed by atoms with E-state index in [1.54, 1.807) is 7.11 Å². The molecule has 14 heavy (non-hydrogen) atoms. The maximum absolute atomic E-state index is 10.5. The molecule has 0 saturated carbocycles. The maximum Gasteiger partial charge on any atom is 0.346 e. The molecule has 0 unspecified atom stereocenters. The summed E-state index contributed by atoms with van der Waals surface area (Å²) in [5.74, 6) is -0.0916. The first-order valence-corrected chi connectivity index (χ1v) is 4.39. The Morgan fingerprint density at radius 3 is 3.07 bits per heavy atom. The third kappa shape index (κ3) is 2.68. The molecule has 6 nitrogen and oxygen atoms in total. The first-order valence-electron chi connectivity index (χ1n) is 4.02. The molecular formula is C7H10ClN3O3. The van der Waals surface area contributed by atoms with Crippen LogP contribution < -0.4 is 0 Å². The third-order valence-electron chi connectivity index (χ3n) is 1.63. The molecule has 0 bridgehead atoms. The highest BCUT2D eigenvalue weighted by atomic mass is 35.5. The summed E-state index contributed by atoms with van der Waals surface area (Å²) in [7, 11) is 1.57. The number of aromatic nitrogens is 2. The number of halogens is 1. The van der Waals surface area contributed by atoms with Crippen LogP contribution >= 0.6 is 11.6 Å². The van der Waals surface area contributed by atoms with Gasteiger partial charge in [-0.2, -0.15) is 0 Å². The maximum atomic E-state index is 10.5. The van der Waals surface area contributed by atoms with Gasteiger partial charge in [0, 0.05) is 13.5 Å². The van der Waals surface area contributed by atoms with Crippen LogP contribution in [0.15, 0.2) is 6.07 Å². The third-order valence-corrected chi connectivity index (χ3v) is 1.82. The van der Waals surface area contributed by atoms with Gasteiger partial charge in [-0.15, -0.1) is 4.68 Å². The molecule has 0 aliphatic carbocycles. The second kappa shape index (κ2) is 4.92. The van der Waals surface area contributed by atoms with E-state index in [1.807, 2.05) is 0 Å². The Morgan fingerprint density at radius 1 is 1.79 bits per heavy atom. The molecule has 0 radical (unpaired) electrons. The molecule has 0 amide bonds. The van der Waals surface area contributed by atoms with Gasteiger partial charge in [-0.25, -0.2) is 0 Å². The second-order valence-corrected chi connectivity index (χ2v) is 3.04. The van der Waals surface area contributed by atoms with E-state index in [-0.39, 0.29) is 11.0 Å². The van der Waals surface area contributed by atoms with Crippen molar-refractivity contribution >= 4 is 17.4 Å². The van der Waals surface area contributed by atoms with Crippen LogP contribution in [0.1, 0.15) is 6.42 Å². The predicted molar refractivity (Wildman–Crippen MR) is 50.4 cm³/mol. The first-order chi connectivity index (χ1) is 6.65. The lowest BCUT2D eigenvalue weighted by Crippen LogP contribution is -2.06. The van der Waals surface area contributed by atoms with E-state index in [1.165, 1.54) is 10.7 Å².